The van der Waals surface area contributed by atoms with Crippen molar-refractivity contribution in [1.29, 1.82) is 0 Å². The first-order chi connectivity index (χ1) is 9.25. The van der Waals surface area contributed by atoms with E-state index in [4.69, 9.17) is 0 Å². The fourth-order valence-corrected chi connectivity index (χ4v) is 5.66. The second-order valence-corrected chi connectivity index (χ2v) is 8.26. The van der Waals surface area contributed by atoms with Gasteiger partial charge < -0.3 is 5.32 Å². The average Bonchev–Trinajstić information content (AvgIpc) is 2.62. The molecule has 0 radical (unpaired) electrons. The van der Waals surface area contributed by atoms with E-state index in [9.17, 15) is 9.59 Å². The summed E-state index contributed by atoms with van der Waals surface area (Å²) in [4.78, 5) is 28.7. The number of nitrogens with one attached hydrogen (secondary N) is 1. The molecule has 0 aromatic rings. The maximum absolute atomic E-state index is 12.6. The quantitative estimate of drug-likeness (QED) is 0.808. The molecule has 1 heterocycles. The standard InChI is InChI=1S/C15H22N2O2S/c1-8-7-10(18)17-13(16-8)20-12-11(19)9-5-6-15(12,4)14(9,2)3/h8-9,12H,5-7H2,1-4H3,(H,16,17,18)/t8-,9-,12+,15-/m1/s1. The number of ketones is 1. The van der Waals surface area contributed by atoms with Crippen molar-refractivity contribution in [1.82, 2.24) is 5.32 Å². The number of nitrogens with zero attached hydrogens (tertiary/aromatic N) is 1. The molecule has 3 rings (SSSR count). The van der Waals surface area contributed by atoms with Crippen LogP contribution in [0.15, 0.2) is 4.99 Å². The van der Waals surface area contributed by atoms with Crippen LogP contribution < -0.4 is 5.32 Å². The zero-order chi connectivity index (χ0) is 14.7. The zero-order valence-electron chi connectivity index (χ0n) is 12.5. The van der Waals surface area contributed by atoms with Gasteiger partial charge in [-0.1, -0.05) is 32.5 Å². The molecule has 2 saturated carbocycles. The molecule has 20 heavy (non-hydrogen) atoms. The predicted octanol–water partition coefficient (Wildman–Crippen LogP) is 2.38. The Labute approximate surface area is 124 Å². The van der Waals surface area contributed by atoms with E-state index in [1.807, 2.05) is 6.92 Å². The molecule has 2 aliphatic carbocycles. The molecule has 3 aliphatic rings. The predicted molar refractivity (Wildman–Crippen MR) is 80.7 cm³/mol. The number of carbonyl (C=O) groups is 2. The second-order valence-electron chi connectivity index (χ2n) is 7.17. The molecule has 2 fully saturated rings. The Morgan fingerprint density at radius 3 is 2.55 bits per heavy atom. The van der Waals surface area contributed by atoms with E-state index in [-0.39, 0.29) is 33.9 Å². The first kappa shape index (κ1) is 14.1. The third-order valence-corrected chi connectivity index (χ3v) is 7.19. The van der Waals surface area contributed by atoms with E-state index in [2.05, 4.69) is 31.1 Å². The van der Waals surface area contributed by atoms with Gasteiger partial charge in [0.2, 0.25) is 5.91 Å². The molecule has 5 heteroatoms. The minimum absolute atomic E-state index is 0.00729. The van der Waals surface area contributed by atoms with E-state index in [1.165, 1.54) is 11.8 Å². The summed E-state index contributed by atoms with van der Waals surface area (Å²) < 4.78 is 0. The van der Waals surface area contributed by atoms with Crippen LogP contribution in [0.3, 0.4) is 0 Å². The van der Waals surface area contributed by atoms with Crippen LogP contribution in [-0.2, 0) is 9.59 Å². The van der Waals surface area contributed by atoms with E-state index >= 15 is 0 Å². The van der Waals surface area contributed by atoms with Gasteiger partial charge in [-0.2, -0.15) is 0 Å². The lowest BCUT2D eigenvalue weighted by molar-refractivity contribution is -0.122. The summed E-state index contributed by atoms with van der Waals surface area (Å²) in [6.07, 6.45) is 2.54. The Balaban J connectivity index is 1.86. The molecule has 1 aliphatic heterocycles. The van der Waals surface area contributed by atoms with Gasteiger partial charge in [-0.3, -0.25) is 14.6 Å². The van der Waals surface area contributed by atoms with Crippen LogP contribution in [0.2, 0.25) is 0 Å². The maximum Gasteiger partial charge on any atom is 0.228 e. The van der Waals surface area contributed by atoms with Crippen LogP contribution >= 0.6 is 11.8 Å². The van der Waals surface area contributed by atoms with E-state index in [1.54, 1.807) is 0 Å². The Hall–Kier alpha value is -0.840. The van der Waals surface area contributed by atoms with Gasteiger partial charge in [0.05, 0.1) is 11.3 Å². The number of hydrogen-bond donors (Lipinski definition) is 1. The summed E-state index contributed by atoms with van der Waals surface area (Å²) in [6, 6.07) is 0.0146. The number of Topliss-reactive ketones (excluding diaryl/α,β-unsaturated/α-hetero) is 1. The van der Waals surface area contributed by atoms with Crippen LogP contribution in [0.4, 0.5) is 0 Å². The number of amides is 1. The molecule has 4 atom stereocenters. The summed E-state index contributed by atoms with van der Waals surface area (Å²) in [5.41, 5.74) is 0.0555. The smallest absolute Gasteiger partial charge is 0.228 e. The number of rotatable bonds is 1. The van der Waals surface area contributed by atoms with Crippen molar-refractivity contribution in [3.05, 3.63) is 0 Å². The van der Waals surface area contributed by atoms with Crippen molar-refractivity contribution in [2.75, 3.05) is 0 Å². The molecule has 110 valence electrons. The topological polar surface area (TPSA) is 58.5 Å². The summed E-state index contributed by atoms with van der Waals surface area (Å²) in [6.45, 7) is 8.60. The molecule has 2 bridgehead atoms. The van der Waals surface area contributed by atoms with E-state index in [0.29, 0.717) is 17.4 Å². The SMILES string of the molecule is C[C@@H]1CC(=O)NC(S[C@H]2C(=O)[C@H]3CC[C@@]2(C)C3(C)C)=N1. The molecule has 0 aromatic carbocycles. The molecule has 0 saturated heterocycles. The Bertz CT molecular complexity index is 514. The highest BCUT2D eigenvalue weighted by Gasteiger charge is 2.66. The lowest BCUT2D eigenvalue weighted by atomic mass is 9.71. The van der Waals surface area contributed by atoms with Gasteiger partial charge >= 0.3 is 0 Å². The van der Waals surface area contributed by atoms with Crippen molar-refractivity contribution in [2.45, 2.75) is 58.2 Å². The minimum Gasteiger partial charge on any atom is -0.305 e. The fourth-order valence-electron chi connectivity index (χ4n) is 4.07. The summed E-state index contributed by atoms with van der Waals surface area (Å²) in [7, 11) is 0. The molecule has 0 unspecified atom stereocenters. The second kappa shape index (κ2) is 4.33. The number of aliphatic imine (C=N–C) groups is 1. The Kier molecular flexibility index (Phi) is 3.05. The fraction of sp³-hybridized carbons (Fsp3) is 0.800. The summed E-state index contributed by atoms with van der Waals surface area (Å²) in [5.74, 6) is 0.529. The molecular weight excluding hydrogens is 272 g/mol. The van der Waals surface area contributed by atoms with Crippen LogP contribution in [0, 0.1) is 16.7 Å². The maximum atomic E-state index is 12.6. The van der Waals surface area contributed by atoms with Crippen LogP contribution in [0.25, 0.3) is 0 Å². The highest BCUT2D eigenvalue weighted by atomic mass is 32.2. The van der Waals surface area contributed by atoms with Gasteiger partial charge in [-0.25, -0.2) is 0 Å². The summed E-state index contributed by atoms with van der Waals surface area (Å²) >= 11 is 1.48. The van der Waals surface area contributed by atoms with Crippen LogP contribution in [0.5, 0.6) is 0 Å². The van der Waals surface area contributed by atoms with Gasteiger partial charge in [0.25, 0.3) is 0 Å². The molecule has 1 amide bonds. The number of thioether (sulfide) groups is 1. The third kappa shape index (κ3) is 1.78. The van der Waals surface area contributed by atoms with Crippen molar-refractivity contribution in [3.8, 4) is 0 Å². The Morgan fingerprint density at radius 1 is 1.30 bits per heavy atom. The molecule has 1 N–H and O–H groups in total. The lowest BCUT2D eigenvalue weighted by Gasteiger charge is -2.38. The number of carbonyl (C=O) groups excluding carboxylic acids is 2. The summed E-state index contributed by atoms with van der Waals surface area (Å²) in [5, 5.41) is 3.39. The first-order valence-electron chi connectivity index (χ1n) is 7.34. The van der Waals surface area contributed by atoms with E-state index < -0.39 is 0 Å². The first-order valence-corrected chi connectivity index (χ1v) is 8.22. The highest BCUT2D eigenvalue weighted by molar-refractivity contribution is 8.15. The molecule has 0 spiro atoms. The largest absolute Gasteiger partial charge is 0.305 e. The van der Waals surface area contributed by atoms with Crippen molar-refractivity contribution in [3.63, 3.8) is 0 Å². The van der Waals surface area contributed by atoms with Crippen molar-refractivity contribution < 1.29 is 9.59 Å². The molecular formula is C15H22N2O2S. The van der Waals surface area contributed by atoms with Crippen molar-refractivity contribution >= 4 is 28.6 Å². The third-order valence-electron chi connectivity index (χ3n) is 5.77. The number of fused-ring (bicyclic) bond motifs is 2. The van der Waals surface area contributed by atoms with Gasteiger partial charge in [0, 0.05) is 12.3 Å². The van der Waals surface area contributed by atoms with Gasteiger partial charge in [0.15, 0.2) is 5.17 Å². The normalized spacial score (nSPS) is 42.6. The molecule has 0 aromatic heterocycles. The van der Waals surface area contributed by atoms with Gasteiger partial charge in [-0.05, 0) is 30.6 Å². The Morgan fingerprint density at radius 2 is 2.00 bits per heavy atom. The zero-order valence-corrected chi connectivity index (χ0v) is 13.3. The molecule has 4 nitrogen and oxygen atoms in total. The monoisotopic (exact) mass is 294 g/mol. The van der Waals surface area contributed by atoms with Crippen LogP contribution in [0.1, 0.15) is 47.0 Å². The van der Waals surface area contributed by atoms with E-state index in [0.717, 1.165) is 12.8 Å². The minimum atomic E-state index is -0.0689. The number of amidine groups is 1. The number of hydrogen-bond acceptors (Lipinski definition) is 4. The van der Waals surface area contributed by atoms with Gasteiger partial charge in [0.1, 0.15) is 5.78 Å². The average molecular weight is 294 g/mol. The highest BCUT2D eigenvalue weighted by Crippen LogP contribution is 2.66. The van der Waals surface area contributed by atoms with Gasteiger partial charge in [-0.15, -0.1) is 0 Å². The van der Waals surface area contributed by atoms with Crippen LogP contribution in [-0.4, -0.2) is 28.1 Å². The lowest BCUT2D eigenvalue weighted by Crippen LogP contribution is -2.41. The van der Waals surface area contributed by atoms with Crippen molar-refractivity contribution in [2.24, 2.45) is 21.7 Å².